The Morgan fingerprint density at radius 3 is 2.39 bits per heavy atom. The van der Waals surface area contributed by atoms with Crippen molar-refractivity contribution in [2.45, 2.75) is 17.7 Å². The molecule has 0 saturated heterocycles. The summed E-state index contributed by atoms with van der Waals surface area (Å²) in [5.41, 5.74) is 0.476. The van der Waals surface area contributed by atoms with Crippen LogP contribution in [0.4, 0.5) is 0 Å². The fourth-order valence-electron chi connectivity index (χ4n) is 2.88. The van der Waals surface area contributed by atoms with E-state index in [2.05, 4.69) is 0 Å². The van der Waals surface area contributed by atoms with Gasteiger partial charge in [-0.05, 0) is 30.3 Å². The molecule has 2 amide bonds. The lowest BCUT2D eigenvalue weighted by molar-refractivity contribution is -0.167. The van der Waals surface area contributed by atoms with E-state index in [4.69, 9.17) is 14.3 Å². The molecular formula is C20H17NO6S. The molecule has 0 unspecified atom stereocenters. The summed E-state index contributed by atoms with van der Waals surface area (Å²) in [6.45, 7) is 1.23. The van der Waals surface area contributed by atoms with Gasteiger partial charge in [0.2, 0.25) is 0 Å². The van der Waals surface area contributed by atoms with Crippen LogP contribution in [0.25, 0.3) is 0 Å². The zero-order valence-electron chi connectivity index (χ0n) is 14.9. The summed E-state index contributed by atoms with van der Waals surface area (Å²) in [6.07, 6.45) is 0.882. The molecule has 0 N–H and O–H groups in total. The molecule has 144 valence electrons. The van der Waals surface area contributed by atoms with Crippen molar-refractivity contribution >= 4 is 29.5 Å². The third kappa shape index (κ3) is 3.68. The first kappa shape index (κ1) is 18.4. The number of hydrogen-bond donors (Lipinski definition) is 0. The maximum atomic E-state index is 12.2. The number of benzene rings is 2. The second kappa shape index (κ2) is 7.93. The van der Waals surface area contributed by atoms with Crippen molar-refractivity contribution in [1.82, 2.24) is 5.06 Å². The molecule has 8 heteroatoms. The fraction of sp³-hybridized carbons (Fsp3) is 0.250. The summed E-state index contributed by atoms with van der Waals surface area (Å²) in [4.78, 5) is 42.4. The number of nitrogens with zero attached hydrogens (tertiary/aromatic N) is 1. The molecule has 2 aromatic carbocycles. The van der Waals surface area contributed by atoms with Gasteiger partial charge in [-0.25, -0.2) is 4.79 Å². The van der Waals surface area contributed by atoms with Gasteiger partial charge in [0.25, 0.3) is 11.8 Å². The first-order chi connectivity index (χ1) is 13.6. The first-order valence-corrected chi connectivity index (χ1v) is 9.83. The van der Waals surface area contributed by atoms with Crippen LogP contribution in [0.1, 0.15) is 33.6 Å². The van der Waals surface area contributed by atoms with Gasteiger partial charge in [-0.3, -0.25) is 9.59 Å². The highest BCUT2D eigenvalue weighted by Crippen LogP contribution is 2.34. The Bertz CT molecular complexity index is 909. The van der Waals surface area contributed by atoms with Crippen LogP contribution < -0.4 is 9.47 Å². The van der Waals surface area contributed by atoms with Crippen LogP contribution >= 0.6 is 11.8 Å². The van der Waals surface area contributed by atoms with Crippen molar-refractivity contribution in [1.29, 1.82) is 0 Å². The number of hydroxylamine groups is 2. The van der Waals surface area contributed by atoms with E-state index in [1.165, 1.54) is 23.9 Å². The second-order valence-electron chi connectivity index (χ2n) is 6.17. The number of fused-ring (bicyclic) bond motifs is 2. The van der Waals surface area contributed by atoms with Gasteiger partial charge in [-0.1, -0.05) is 17.2 Å². The highest BCUT2D eigenvalue weighted by atomic mass is 32.2. The smallest absolute Gasteiger partial charge is 0.334 e. The predicted molar refractivity (Wildman–Crippen MR) is 100 cm³/mol. The van der Waals surface area contributed by atoms with Crippen LogP contribution in [-0.2, 0) is 9.63 Å². The van der Waals surface area contributed by atoms with Crippen LogP contribution in [0.2, 0.25) is 0 Å². The Labute approximate surface area is 165 Å². The average molecular weight is 399 g/mol. The predicted octanol–water partition coefficient (Wildman–Crippen LogP) is 3.08. The molecule has 7 nitrogen and oxygen atoms in total. The van der Waals surface area contributed by atoms with E-state index in [1.807, 2.05) is 18.2 Å². The molecule has 2 aromatic rings. The number of ether oxygens (including phenoxy) is 2. The standard InChI is InChI=1S/C20H17NO6S/c22-18(27-21-19(23)14-4-1-2-5-15(14)20(21)24)8-11-28-13-6-7-16-17(12-13)26-10-3-9-25-16/h1-2,4-7,12H,3,8-11H2. The third-order valence-electron chi connectivity index (χ3n) is 4.24. The van der Waals surface area contributed by atoms with Gasteiger partial charge in [-0.2, -0.15) is 0 Å². The van der Waals surface area contributed by atoms with Crippen molar-refractivity contribution in [3.63, 3.8) is 0 Å². The lowest BCUT2D eigenvalue weighted by Gasteiger charge is -2.12. The Kier molecular flexibility index (Phi) is 5.21. The molecular weight excluding hydrogens is 382 g/mol. The maximum absolute atomic E-state index is 12.2. The minimum absolute atomic E-state index is 0.0481. The molecule has 2 heterocycles. The van der Waals surface area contributed by atoms with Gasteiger partial charge in [0.15, 0.2) is 11.5 Å². The van der Waals surface area contributed by atoms with Gasteiger partial charge in [0.05, 0.1) is 30.8 Å². The maximum Gasteiger partial charge on any atom is 0.334 e. The van der Waals surface area contributed by atoms with Crippen molar-refractivity contribution < 1.29 is 28.7 Å². The highest BCUT2D eigenvalue weighted by Gasteiger charge is 2.38. The Hall–Kier alpha value is -3.00. The average Bonchev–Trinajstić information content (AvgIpc) is 2.87. The van der Waals surface area contributed by atoms with Crippen molar-refractivity contribution in [2.24, 2.45) is 0 Å². The number of carbonyl (C=O) groups is 3. The summed E-state index contributed by atoms with van der Waals surface area (Å²) in [7, 11) is 0. The van der Waals surface area contributed by atoms with Crippen molar-refractivity contribution in [3.05, 3.63) is 53.6 Å². The van der Waals surface area contributed by atoms with Crippen LogP contribution in [0.3, 0.4) is 0 Å². The lowest BCUT2D eigenvalue weighted by atomic mass is 10.1. The summed E-state index contributed by atoms with van der Waals surface area (Å²) < 4.78 is 11.2. The Morgan fingerprint density at radius 2 is 1.68 bits per heavy atom. The number of rotatable bonds is 5. The Balaban J connectivity index is 1.30. The first-order valence-electron chi connectivity index (χ1n) is 8.84. The van der Waals surface area contributed by atoms with E-state index >= 15 is 0 Å². The number of imide groups is 1. The van der Waals surface area contributed by atoms with Gasteiger partial charge >= 0.3 is 5.97 Å². The molecule has 2 aliphatic rings. The zero-order valence-corrected chi connectivity index (χ0v) is 15.7. The van der Waals surface area contributed by atoms with Crippen molar-refractivity contribution in [3.8, 4) is 11.5 Å². The van der Waals surface area contributed by atoms with Gasteiger partial charge in [-0.15, -0.1) is 11.8 Å². The molecule has 0 aromatic heterocycles. The molecule has 28 heavy (non-hydrogen) atoms. The second-order valence-corrected chi connectivity index (χ2v) is 7.34. The van der Waals surface area contributed by atoms with Crippen LogP contribution in [-0.4, -0.2) is 41.8 Å². The largest absolute Gasteiger partial charge is 0.490 e. The van der Waals surface area contributed by atoms with Crippen LogP contribution in [0.5, 0.6) is 11.5 Å². The zero-order chi connectivity index (χ0) is 19.5. The number of thioether (sulfide) groups is 1. The van der Waals surface area contributed by atoms with Crippen LogP contribution in [0, 0.1) is 0 Å². The molecule has 0 bridgehead atoms. The molecule has 0 aliphatic carbocycles. The summed E-state index contributed by atoms with van der Waals surface area (Å²) >= 11 is 1.45. The van der Waals surface area contributed by atoms with Gasteiger partial charge in [0.1, 0.15) is 0 Å². The highest BCUT2D eigenvalue weighted by molar-refractivity contribution is 7.99. The molecule has 0 spiro atoms. The van der Waals surface area contributed by atoms with E-state index in [0.29, 0.717) is 35.5 Å². The number of hydrogen-bond acceptors (Lipinski definition) is 7. The summed E-state index contributed by atoms with van der Waals surface area (Å²) in [5.74, 6) is -0.0462. The molecule has 0 radical (unpaired) electrons. The van der Waals surface area contributed by atoms with Gasteiger partial charge < -0.3 is 14.3 Å². The Morgan fingerprint density at radius 1 is 1.00 bits per heavy atom. The molecule has 2 aliphatic heterocycles. The molecule has 4 rings (SSSR count). The third-order valence-corrected chi connectivity index (χ3v) is 5.24. The van der Waals surface area contributed by atoms with E-state index in [1.54, 1.807) is 12.1 Å². The quantitative estimate of drug-likeness (QED) is 0.564. The molecule has 0 saturated carbocycles. The van der Waals surface area contributed by atoms with E-state index in [0.717, 1.165) is 11.3 Å². The minimum atomic E-state index is -0.642. The number of carbonyl (C=O) groups excluding carboxylic acids is 3. The van der Waals surface area contributed by atoms with E-state index in [-0.39, 0.29) is 17.5 Å². The van der Waals surface area contributed by atoms with E-state index in [9.17, 15) is 14.4 Å². The summed E-state index contributed by atoms with van der Waals surface area (Å²) in [5, 5.41) is 0.533. The topological polar surface area (TPSA) is 82.1 Å². The molecule has 0 atom stereocenters. The molecule has 0 fully saturated rings. The number of amides is 2. The summed E-state index contributed by atoms with van der Waals surface area (Å²) in [6, 6.07) is 12.0. The minimum Gasteiger partial charge on any atom is -0.490 e. The monoisotopic (exact) mass is 399 g/mol. The van der Waals surface area contributed by atoms with Crippen LogP contribution in [0.15, 0.2) is 47.4 Å². The SMILES string of the molecule is O=C(CCSc1ccc2c(c1)OCCCO2)ON1C(=O)c2ccccc2C1=O. The van der Waals surface area contributed by atoms with Gasteiger partial charge in [0, 0.05) is 17.1 Å². The van der Waals surface area contributed by atoms with E-state index < -0.39 is 17.8 Å². The fourth-order valence-corrected chi connectivity index (χ4v) is 3.74. The normalized spacial score (nSPS) is 15.2. The lowest BCUT2D eigenvalue weighted by Crippen LogP contribution is -2.32. The van der Waals surface area contributed by atoms with Crippen molar-refractivity contribution in [2.75, 3.05) is 19.0 Å².